The van der Waals surface area contributed by atoms with E-state index in [1.54, 1.807) is 12.4 Å². The molecule has 2 aliphatic heterocycles. The molecule has 0 radical (unpaired) electrons. The van der Waals surface area contributed by atoms with E-state index >= 15 is 0 Å². The molecule has 2 aliphatic rings. The van der Waals surface area contributed by atoms with E-state index in [0.717, 1.165) is 37.8 Å². The van der Waals surface area contributed by atoms with Crippen molar-refractivity contribution in [2.75, 3.05) is 31.2 Å². The fourth-order valence-electron chi connectivity index (χ4n) is 2.11. The lowest BCUT2D eigenvalue weighted by Crippen LogP contribution is -2.66. The van der Waals surface area contributed by atoms with Gasteiger partial charge in [-0.05, 0) is 0 Å². The van der Waals surface area contributed by atoms with Crippen LogP contribution >= 0.6 is 11.6 Å². The number of anilines is 1. The Morgan fingerprint density at radius 1 is 1.40 bits per heavy atom. The van der Waals surface area contributed by atoms with Crippen LogP contribution in [-0.2, 0) is 10.6 Å². The summed E-state index contributed by atoms with van der Waals surface area (Å²) in [4.78, 5) is 10.8. The average molecular weight is 226 g/mol. The van der Waals surface area contributed by atoms with E-state index < -0.39 is 0 Å². The number of ether oxygens (including phenoxy) is 1. The highest BCUT2D eigenvalue weighted by molar-refractivity contribution is 6.16. The van der Waals surface area contributed by atoms with Crippen LogP contribution in [0.1, 0.15) is 5.69 Å². The maximum absolute atomic E-state index is 5.72. The molecular weight excluding hydrogens is 214 g/mol. The molecule has 3 heterocycles. The van der Waals surface area contributed by atoms with Crippen LogP contribution in [-0.4, -0.2) is 36.3 Å². The second kappa shape index (κ2) is 3.32. The van der Waals surface area contributed by atoms with Crippen molar-refractivity contribution < 1.29 is 4.74 Å². The molecule has 0 atom stereocenters. The summed E-state index contributed by atoms with van der Waals surface area (Å²) in [6.45, 7) is 3.86. The SMILES string of the molecule is ClCc1cncc(N2CC3(COC3)C2)n1. The van der Waals surface area contributed by atoms with E-state index in [1.807, 2.05) is 0 Å². The quantitative estimate of drug-likeness (QED) is 0.706. The Bertz CT molecular complexity index is 373. The molecule has 3 rings (SSSR count). The Kier molecular flexibility index (Phi) is 2.07. The number of hydrogen-bond acceptors (Lipinski definition) is 4. The lowest BCUT2D eigenvalue weighted by Gasteiger charge is -2.55. The van der Waals surface area contributed by atoms with Crippen LogP contribution < -0.4 is 4.90 Å². The Hall–Kier alpha value is -0.870. The van der Waals surface area contributed by atoms with E-state index in [4.69, 9.17) is 16.3 Å². The molecule has 0 aromatic carbocycles. The Labute approximate surface area is 93.2 Å². The molecule has 5 heteroatoms. The molecule has 0 saturated carbocycles. The van der Waals surface area contributed by atoms with Crippen LogP contribution in [0.5, 0.6) is 0 Å². The first kappa shape index (κ1) is 9.36. The van der Waals surface area contributed by atoms with Crippen molar-refractivity contribution in [1.29, 1.82) is 0 Å². The van der Waals surface area contributed by atoms with Gasteiger partial charge in [0, 0.05) is 19.3 Å². The fourth-order valence-corrected chi connectivity index (χ4v) is 2.24. The molecule has 0 amide bonds. The summed E-state index contributed by atoms with van der Waals surface area (Å²) >= 11 is 5.72. The number of nitrogens with zero attached hydrogens (tertiary/aromatic N) is 3. The van der Waals surface area contributed by atoms with Gasteiger partial charge in [0.05, 0.1) is 36.4 Å². The summed E-state index contributed by atoms with van der Waals surface area (Å²) in [5.74, 6) is 1.36. The predicted octanol–water partition coefficient (Wildman–Crippen LogP) is 1.05. The highest BCUT2D eigenvalue weighted by Crippen LogP contribution is 2.39. The van der Waals surface area contributed by atoms with Gasteiger partial charge in [0.25, 0.3) is 0 Å². The van der Waals surface area contributed by atoms with Crippen molar-refractivity contribution in [3.8, 4) is 0 Å². The smallest absolute Gasteiger partial charge is 0.147 e. The van der Waals surface area contributed by atoms with Crippen LogP contribution in [0.15, 0.2) is 12.4 Å². The van der Waals surface area contributed by atoms with Gasteiger partial charge >= 0.3 is 0 Å². The average Bonchev–Trinajstić information content (AvgIpc) is 2.14. The van der Waals surface area contributed by atoms with Crippen LogP contribution in [0.4, 0.5) is 5.82 Å². The number of halogens is 1. The summed E-state index contributed by atoms with van der Waals surface area (Å²) in [5.41, 5.74) is 1.25. The van der Waals surface area contributed by atoms with Gasteiger partial charge in [-0.2, -0.15) is 0 Å². The Balaban J connectivity index is 1.72. The molecule has 4 nitrogen and oxygen atoms in total. The minimum Gasteiger partial charge on any atom is -0.380 e. The summed E-state index contributed by atoms with van der Waals surface area (Å²) in [5, 5.41) is 0. The molecule has 1 aromatic heterocycles. The predicted molar refractivity (Wildman–Crippen MR) is 57.1 cm³/mol. The van der Waals surface area contributed by atoms with Gasteiger partial charge in [-0.25, -0.2) is 4.98 Å². The zero-order valence-electron chi connectivity index (χ0n) is 8.32. The van der Waals surface area contributed by atoms with Gasteiger partial charge in [-0.1, -0.05) is 0 Å². The Morgan fingerprint density at radius 2 is 2.20 bits per heavy atom. The zero-order valence-corrected chi connectivity index (χ0v) is 9.07. The molecule has 80 valence electrons. The molecule has 2 saturated heterocycles. The van der Waals surface area contributed by atoms with Gasteiger partial charge < -0.3 is 9.64 Å². The number of rotatable bonds is 2. The van der Waals surface area contributed by atoms with Gasteiger partial charge in [-0.15, -0.1) is 11.6 Å². The van der Waals surface area contributed by atoms with Crippen molar-refractivity contribution in [2.24, 2.45) is 5.41 Å². The second-order valence-electron chi connectivity index (χ2n) is 4.35. The molecule has 0 unspecified atom stereocenters. The molecule has 1 aromatic rings. The van der Waals surface area contributed by atoms with E-state index in [-0.39, 0.29) is 0 Å². The number of aromatic nitrogens is 2. The molecule has 0 aliphatic carbocycles. The maximum atomic E-state index is 5.72. The van der Waals surface area contributed by atoms with Crippen LogP contribution in [0.3, 0.4) is 0 Å². The third-order valence-electron chi connectivity index (χ3n) is 3.00. The minimum absolute atomic E-state index is 0.415. The summed E-state index contributed by atoms with van der Waals surface area (Å²) < 4.78 is 5.23. The zero-order chi connectivity index (χ0) is 10.3. The third kappa shape index (κ3) is 1.48. The third-order valence-corrected chi connectivity index (χ3v) is 3.28. The molecule has 2 fully saturated rings. The summed E-state index contributed by atoms with van der Waals surface area (Å²) in [7, 11) is 0. The monoisotopic (exact) mass is 225 g/mol. The largest absolute Gasteiger partial charge is 0.380 e. The highest BCUT2D eigenvalue weighted by Gasteiger charge is 2.49. The van der Waals surface area contributed by atoms with Crippen LogP contribution in [0.25, 0.3) is 0 Å². The van der Waals surface area contributed by atoms with E-state index in [1.165, 1.54) is 0 Å². The standard InChI is InChI=1S/C10H12ClN3O/c11-1-8-2-12-3-9(13-8)14-4-10(5-14)6-15-7-10/h2-3H,1,4-7H2. The molecule has 0 bridgehead atoms. The first-order chi connectivity index (χ1) is 7.31. The summed E-state index contributed by atoms with van der Waals surface area (Å²) in [6, 6.07) is 0. The van der Waals surface area contributed by atoms with E-state index in [9.17, 15) is 0 Å². The normalized spacial score (nSPS) is 22.3. The lowest BCUT2D eigenvalue weighted by molar-refractivity contribution is -0.127. The summed E-state index contributed by atoms with van der Waals surface area (Å²) in [6.07, 6.45) is 3.50. The van der Waals surface area contributed by atoms with Crippen molar-refractivity contribution in [2.45, 2.75) is 5.88 Å². The highest BCUT2D eigenvalue weighted by atomic mass is 35.5. The van der Waals surface area contributed by atoms with Crippen molar-refractivity contribution in [3.63, 3.8) is 0 Å². The van der Waals surface area contributed by atoms with Gasteiger partial charge in [0.15, 0.2) is 0 Å². The number of alkyl halides is 1. The molecule has 0 N–H and O–H groups in total. The first-order valence-electron chi connectivity index (χ1n) is 5.01. The van der Waals surface area contributed by atoms with Gasteiger partial charge in [0.2, 0.25) is 0 Å². The molecule has 15 heavy (non-hydrogen) atoms. The van der Waals surface area contributed by atoms with Crippen molar-refractivity contribution >= 4 is 17.4 Å². The van der Waals surface area contributed by atoms with Crippen molar-refractivity contribution in [3.05, 3.63) is 18.1 Å². The lowest BCUT2D eigenvalue weighted by atomic mass is 9.78. The fraction of sp³-hybridized carbons (Fsp3) is 0.600. The first-order valence-corrected chi connectivity index (χ1v) is 5.54. The Morgan fingerprint density at radius 3 is 2.80 bits per heavy atom. The number of hydrogen-bond donors (Lipinski definition) is 0. The van der Waals surface area contributed by atoms with E-state index in [0.29, 0.717) is 11.3 Å². The molecule has 1 spiro atoms. The van der Waals surface area contributed by atoms with Crippen LogP contribution in [0.2, 0.25) is 0 Å². The van der Waals surface area contributed by atoms with Gasteiger partial charge in [0.1, 0.15) is 5.82 Å². The minimum atomic E-state index is 0.415. The maximum Gasteiger partial charge on any atom is 0.147 e. The van der Waals surface area contributed by atoms with E-state index in [2.05, 4.69) is 14.9 Å². The van der Waals surface area contributed by atoms with Crippen molar-refractivity contribution in [1.82, 2.24) is 9.97 Å². The second-order valence-corrected chi connectivity index (χ2v) is 4.62. The topological polar surface area (TPSA) is 38.2 Å². The van der Waals surface area contributed by atoms with Gasteiger partial charge in [-0.3, -0.25) is 4.98 Å². The molecular formula is C10H12ClN3O. The van der Waals surface area contributed by atoms with Crippen LogP contribution in [0, 0.1) is 5.41 Å².